The van der Waals surface area contributed by atoms with Gasteiger partial charge >= 0.3 is 11.9 Å². The zero-order valence-corrected chi connectivity index (χ0v) is 17.1. The molecule has 178 valence electrons. The van der Waals surface area contributed by atoms with E-state index in [4.69, 9.17) is 9.84 Å². The van der Waals surface area contributed by atoms with Crippen LogP contribution in [0.25, 0.3) is 0 Å². The van der Waals surface area contributed by atoms with Crippen molar-refractivity contribution in [3.8, 4) is 0 Å². The molecule has 12 heteroatoms. The lowest BCUT2D eigenvalue weighted by molar-refractivity contribution is -0.318. The fourth-order valence-corrected chi connectivity index (χ4v) is 3.23. The van der Waals surface area contributed by atoms with E-state index < -0.39 is 73.6 Å². The molecule has 6 unspecified atom stereocenters. The summed E-state index contributed by atoms with van der Waals surface area (Å²) in [5.74, 6) is -5.68. The van der Waals surface area contributed by atoms with Crippen LogP contribution in [0, 0.1) is 0 Å². The molecule has 1 heterocycles. The standard InChI is InChI=1S/C20H28N2O10/c23-14-9-32-20(31,17(27)16(14)26)10-21-12(6-7-15(24)25)18(28)22-13(19(29)30)8-11-4-2-1-3-5-11/h1-5,12-14,16-17,21,23,26-27,31H,6-10H2,(H,22,28)(H,24,25)(H,29,30). The number of amides is 1. The summed E-state index contributed by atoms with van der Waals surface area (Å²) in [5.41, 5.74) is 0.663. The predicted molar refractivity (Wildman–Crippen MR) is 107 cm³/mol. The molecule has 1 aromatic rings. The van der Waals surface area contributed by atoms with E-state index in [1.807, 2.05) is 0 Å². The lowest BCUT2D eigenvalue weighted by Crippen LogP contribution is -2.65. The number of carboxylic acid groups (broad SMARTS) is 2. The second kappa shape index (κ2) is 11.3. The Balaban J connectivity index is 2.08. The summed E-state index contributed by atoms with van der Waals surface area (Å²) in [6, 6.07) is 6.03. The van der Waals surface area contributed by atoms with E-state index in [1.165, 1.54) is 0 Å². The second-order valence-corrected chi connectivity index (χ2v) is 7.61. The molecular weight excluding hydrogens is 428 g/mol. The number of ether oxygens (including phenoxy) is 1. The maximum Gasteiger partial charge on any atom is 0.326 e. The normalized spacial score (nSPS) is 27.3. The molecule has 12 nitrogen and oxygen atoms in total. The number of hydrogen-bond donors (Lipinski definition) is 8. The van der Waals surface area contributed by atoms with Gasteiger partial charge in [0.25, 0.3) is 0 Å². The van der Waals surface area contributed by atoms with Crippen molar-refractivity contribution in [2.24, 2.45) is 0 Å². The first kappa shape index (κ1) is 25.6. The zero-order valence-electron chi connectivity index (χ0n) is 17.1. The number of benzene rings is 1. The molecule has 0 radical (unpaired) electrons. The highest BCUT2D eigenvalue weighted by Gasteiger charge is 2.48. The third-order valence-corrected chi connectivity index (χ3v) is 5.15. The van der Waals surface area contributed by atoms with Crippen molar-refractivity contribution in [2.75, 3.05) is 13.2 Å². The molecule has 1 aliphatic heterocycles. The molecule has 8 N–H and O–H groups in total. The molecule has 2 rings (SSSR count). The molecule has 1 saturated heterocycles. The van der Waals surface area contributed by atoms with Crippen molar-refractivity contribution in [2.45, 2.75) is 55.4 Å². The molecule has 1 aromatic carbocycles. The van der Waals surface area contributed by atoms with Crippen LogP contribution >= 0.6 is 0 Å². The van der Waals surface area contributed by atoms with Gasteiger partial charge in [-0.2, -0.15) is 0 Å². The zero-order chi connectivity index (χ0) is 23.9. The number of carbonyl (C=O) groups is 3. The Kier molecular flexibility index (Phi) is 9.07. The van der Waals surface area contributed by atoms with Gasteiger partial charge in [-0.05, 0) is 12.0 Å². The number of hydrogen-bond acceptors (Lipinski definition) is 9. The van der Waals surface area contributed by atoms with Gasteiger partial charge in [-0.3, -0.25) is 9.59 Å². The number of rotatable bonds is 11. The van der Waals surface area contributed by atoms with E-state index >= 15 is 0 Å². The SMILES string of the molecule is O=C(O)CCC(NCC1(O)OCC(O)C(O)C1O)C(=O)NC(Cc1ccccc1)C(=O)O. The third-order valence-electron chi connectivity index (χ3n) is 5.15. The van der Waals surface area contributed by atoms with Crippen LogP contribution in [0.15, 0.2) is 30.3 Å². The predicted octanol–water partition coefficient (Wildman–Crippen LogP) is -2.58. The van der Waals surface area contributed by atoms with Crippen molar-refractivity contribution in [1.29, 1.82) is 0 Å². The molecule has 0 saturated carbocycles. The average molecular weight is 456 g/mol. The van der Waals surface area contributed by atoms with Crippen molar-refractivity contribution in [3.63, 3.8) is 0 Å². The first-order valence-corrected chi connectivity index (χ1v) is 9.96. The summed E-state index contributed by atoms with van der Waals surface area (Å²) in [7, 11) is 0. The number of aliphatic hydroxyl groups excluding tert-OH is 3. The van der Waals surface area contributed by atoms with Gasteiger partial charge < -0.3 is 46.0 Å². The number of aliphatic hydroxyl groups is 4. The van der Waals surface area contributed by atoms with E-state index in [0.29, 0.717) is 5.56 Å². The summed E-state index contributed by atoms with van der Waals surface area (Å²) < 4.78 is 5.01. The first-order chi connectivity index (χ1) is 15.0. The fourth-order valence-electron chi connectivity index (χ4n) is 3.23. The van der Waals surface area contributed by atoms with Gasteiger partial charge in [0.05, 0.1) is 19.2 Å². The molecule has 0 aliphatic carbocycles. The van der Waals surface area contributed by atoms with Crippen molar-refractivity contribution in [3.05, 3.63) is 35.9 Å². The summed E-state index contributed by atoms with van der Waals surface area (Å²) in [6.07, 6.45) is -5.74. The van der Waals surface area contributed by atoms with Crippen LogP contribution in [0.2, 0.25) is 0 Å². The van der Waals surface area contributed by atoms with Gasteiger partial charge in [-0.25, -0.2) is 4.79 Å². The smallest absolute Gasteiger partial charge is 0.326 e. The van der Waals surface area contributed by atoms with Crippen LogP contribution in [0.3, 0.4) is 0 Å². The minimum atomic E-state index is -2.36. The van der Waals surface area contributed by atoms with Gasteiger partial charge in [0.15, 0.2) is 0 Å². The highest BCUT2D eigenvalue weighted by molar-refractivity contribution is 5.87. The van der Waals surface area contributed by atoms with E-state index in [1.54, 1.807) is 30.3 Å². The summed E-state index contributed by atoms with van der Waals surface area (Å²) in [5, 5.41) is 63.1. The van der Waals surface area contributed by atoms with E-state index in [9.17, 15) is 39.9 Å². The maximum atomic E-state index is 12.7. The molecule has 1 fully saturated rings. The van der Waals surface area contributed by atoms with Crippen LogP contribution in [-0.4, -0.2) is 97.8 Å². The van der Waals surface area contributed by atoms with Crippen molar-refractivity contribution in [1.82, 2.24) is 10.6 Å². The summed E-state index contributed by atoms with van der Waals surface area (Å²) in [4.78, 5) is 35.3. The van der Waals surface area contributed by atoms with E-state index in [2.05, 4.69) is 10.6 Å². The minimum absolute atomic E-state index is 0.0105. The Labute approximate surface area is 183 Å². The van der Waals surface area contributed by atoms with Crippen LogP contribution in [0.4, 0.5) is 0 Å². The van der Waals surface area contributed by atoms with Gasteiger partial charge in [-0.1, -0.05) is 30.3 Å². The lowest BCUT2D eigenvalue weighted by Gasteiger charge is -2.42. The summed E-state index contributed by atoms with van der Waals surface area (Å²) in [6.45, 7) is -1.09. The number of aliphatic carboxylic acids is 2. The van der Waals surface area contributed by atoms with Gasteiger partial charge in [0.1, 0.15) is 24.4 Å². The monoisotopic (exact) mass is 456 g/mol. The number of nitrogens with one attached hydrogen (secondary N) is 2. The van der Waals surface area contributed by atoms with Crippen LogP contribution in [0.5, 0.6) is 0 Å². The molecular formula is C20H28N2O10. The molecule has 0 aromatic heterocycles. The molecule has 6 atom stereocenters. The van der Waals surface area contributed by atoms with Gasteiger partial charge in [0.2, 0.25) is 11.7 Å². The summed E-state index contributed by atoms with van der Waals surface area (Å²) >= 11 is 0. The second-order valence-electron chi connectivity index (χ2n) is 7.61. The molecule has 1 amide bonds. The number of carboxylic acids is 2. The molecule has 0 spiro atoms. The van der Waals surface area contributed by atoms with Crippen molar-refractivity contribution < 1.29 is 49.8 Å². The van der Waals surface area contributed by atoms with Gasteiger partial charge in [-0.15, -0.1) is 0 Å². The fraction of sp³-hybridized carbons (Fsp3) is 0.550. The average Bonchev–Trinajstić information content (AvgIpc) is 2.75. The Morgan fingerprint density at radius 1 is 1.09 bits per heavy atom. The molecule has 1 aliphatic rings. The van der Waals surface area contributed by atoms with Gasteiger partial charge in [0, 0.05) is 12.8 Å². The molecule has 0 bridgehead atoms. The van der Waals surface area contributed by atoms with E-state index in [0.717, 1.165) is 0 Å². The highest BCUT2D eigenvalue weighted by Crippen LogP contribution is 2.23. The Morgan fingerprint density at radius 3 is 2.34 bits per heavy atom. The largest absolute Gasteiger partial charge is 0.481 e. The van der Waals surface area contributed by atoms with E-state index in [-0.39, 0.29) is 12.8 Å². The third kappa shape index (κ3) is 6.95. The van der Waals surface area contributed by atoms with Crippen LogP contribution in [-0.2, 0) is 25.5 Å². The highest BCUT2D eigenvalue weighted by atomic mass is 16.6. The Hall–Kier alpha value is -2.61. The first-order valence-electron chi connectivity index (χ1n) is 9.96. The molecule has 32 heavy (non-hydrogen) atoms. The van der Waals surface area contributed by atoms with Crippen LogP contribution in [0.1, 0.15) is 18.4 Å². The quantitative estimate of drug-likeness (QED) is 0.174. The maximum absolute atomic E-state index is 12.7. The minimum Gasteiger partial charge on any atom is -0.481 e. The Morgan fingerprint density at radius 2 is 1.75 bits per heavy atom. The lowest BCUT2D eigenvalue weighted by atomic mass is 9.96. The van der Waals surface area contributed by atoms with Crippen LogP contribution < -0.4 is 10.6 Å². The topological polar surface area (TPSA) is 206 Å². The Bertz CT molecular complexity index is 792. The van der Waals surface area contributed by atoms with Crippen molar-refractivity contribution >= 4 is 17.8 Å². The number of carbonyl (C=O) groups excluding carboxylic acids is 1.